The fraction of sp³-hybridized carbons (Fsp3) is 0.417. The Morgan fingerprint density at radius 2 is 2.06 bits per heavy atom. The molecule has 98 valence electrons. The molecule has 6 heteroatoms. The van der Waals surface area contributed by atoms with Gasteiger partial charge in [0.1, 0.15) is 5.75 Å². The number of benzene rings is 1. The first-order chi connectivity index (χ1) is 8.65. The topological polar surface area (TPSA) is 74.2 Å². The molecule has 1 atom stereocenters. The van der Waals surface area contributed by atoms with Gasteiger partial charge >= 0.3 is 5.97 Å². The second-order valence-corrected chi connectivity index (χ2v) is 3.76. The zero-order valence-corrected chi connectivity index (χ0v) is 10.1. The molecule has 1 heterocycles. The van der Waals surface area contributed by atoms with Crippen molar-refractivity contribution >= 4 is 5.97 Å². The van der Waals surface area contributed by atoms with Gasteiger partial charge in [0.25, 0.3) is 0 Å². The molecule has 0 radical (unpaired) electrons. The number of carbonyl (C=O) groups excluding carboxylic acids is 1. The lowest BCUT2D eigenvalue weighted by molar-refractivity contribution is -0.150. The maximum atomic E-state index is 11.2. The monoisotopic (exact) mass is 254 g/mol. The molecule has 1 N–H and O–H groups in total. The first-order valence-corrected chi connectivity index (χ1v) is 5.38. The molecule has 0 spiro atoms. The molecule has 0 aromatic heterocycles. The summed E-state index contributed by atoms with van der Waals surface area (Å²) in [6.07, 6.45) is -1.14. The third kappa shape index (κ3) is 2.33. The van der Waals surface area contributed by atoms with Crippen molar-refractivity contribution < 1.29 is 28.8 Å². The minimum atomic E-state index is -1.23. The zero-order valence-electron chi connectivity index (χ0n) is 10.1. The van der Waals surface area contributed by atoms with Gasteiger partial charge in [0, 0.05) is 18.1 Å². The molecule has 0 bridgehead atoms. The number of methoxy groups -OCH3 is 2. The van der Waals surface area contributed by atoms with E-state index in [0.717, 1.165) is 0 Å². The van der Waals surface area contributed by atoms with E-state index in [1.165, 1.54) is 14.2 Å². The Labute approximate surface area is 104 Å². The summed E-state index contributed by atoms with van der Waals surface area (Å²) in [6.45, 7) is 0.154. The summed E-state index contributed by atoms with van der Waals surface area (Å²) >= 11 is 0. The summed E-state index contributed by atoms with van der Waals surface area (Å²) in [5, 5.41) is 9.64. The van der Waals surface area contributed by atoms with Crippen LogP contribution in [0.4, 0.5) is 0 Å². The van der Waals surface area contributed by atoms with Gasteiger partial charge < -0.3 is 24.1 Å². The summed E-state index contributed by atoms with van der Waals surface area (Å²) in [7, 11) is 2.73. The van der Waals surface area contributed by atoms with Crippen molar-refractivity contribution in [3.63, 3.8) is 0 Å². The summed E-state index contributed by atoms with van der Waals surface area (Å²) in [5.74, 6) is 1.00. The van der Waals surface area contributed by atoms with Crippen LogP contribution in [-0.4, -0.2) is 38.2 Å². The number of hydrogen-bond donors (Lipinski definition) is 1. The Morgan fingerprint density at radius 3 is 2.67 bits per heavy atom. The summed E-state index contributed by atoms with van der Waals surface area (Å²) in [4.78, 5) is 11.2. The third-order valence-electron chi connectivity index (χ3n) is 2.66. The highest BCUT2D eigenvalue weighted by Gasteiger charge is 2.22. The van der Waals surface area contributed by atoms with E-state index >= 15 is 0 Å². The van der Waals surface area contributed by atoms with Gasteiger partial charge in [0.15, 0.2) is 17.6 Å². The number of aliphatic hydroxyl groups excluding tert-OH is 1. The van der Waals surface area contributed by atoms with Gasteiger partial charge in [0.2, 0.25) is 6.79 Å². The number of fused-ring (bicyclic) bond motifs is 1. The predicted molar refractivity (Wildman–Crippen MR) is 60.8 cm³/mol. The predicted octanol–water partition coefficient (Wildman–Crippen LogP) is 0.500. The number of aliphatic hydroxyl groups is 1. The highest BCUT2D eigenvalue weighted by molar-refractivity contribution is 5.74. The molecular weight excluding hydrogens is 240 g/mol. The van der Waals surface area contributed by atoms with Crippen LogP contribution in [0.1, 0.15) is 5.56 Å². The highest BCUT2D eigenvalue weighted by Crippen LogP contribution is 2.38. The van der Waals surface area contributed by atoms with Crippen LogP contribution in [0.5, 0.6) is 17.2 Å². The Hall–Kier alpha value is -1.95. The van der Waals surface area contributed by atoms with Gasteiger partial charge in [-0.05, 0) is 6.07 Å². The van der Waals surface area contributed by atoms with E-state index in [9.17, 15) is 9.90 Å². The van der Waals surface area contributed by atoms with E-state index in [2.05, 4.69) is 4.74 Å². The minimum absolute atomic E-state index is 0.0898. The lowest BCUT2D eigenvalue weighted by atomic mass is 10.1. The smallest absolute Gasteiger partial charge is 0.335 e. The van der Waals surface area contributed by atoms with Crippen LogP contribution in [-0.2, 0) is 16.0 Å². The van der Waals surface area contributed by atoms with E-state index in [-0.39, 0.29) is 13.2 Å². The highest BCUT2D eigenvalue weighted by atomic mass is 16.7. The first-order valence-electron chi connectivity index (χ1n) is 5.38. The molecule has 1 aliphatic rings. The molecule has 0 aliphatic carbocycles. The lowest BCUT2D eigenvalue weighted by Gasteiger charge is -2.12. The fourth-order valence-corrected chi connectivity index (χ4v) is 1.74. The summed E-state index contributed by atoms with van der Waals surface area (Å²) < 4.78 is 20.1. The Bertz CT molecular complexity index is 456. The number of esters is 1. The number of hydrogen-bond acceptors (Lipinski definition) is 6. The normalized spacial score (nSPS) is 14.2. The van der Waals surface area contributed by atoms with Gasteiger partial charge in [-0.25, -0.2) is 4.79 Å². The van der Waals surface area contributed by atoms with E-state index in [1.54, 1.807) is 12.1 Å². The SMILES string of the molecule is COC(=O)C(O)Cc1cc2c(cc1OC)OCO2. The second-order valence-electron chi connectivity index (χ2n) is 3.76. The molecule has 6 nitrogen and oxygen atoms in total. The molecule has 1 unspecified atom stereocenters. The van der Waals surface area contributed by atoms with Crippen LogP contribution in [0, 0.1) is 0 Å². The molecule has 1 aliphatic heterocycles. The second kappa shape index (κ2) is 5.14. The van der Waals surface area contributed by atoms with Crippen molar-refractivity contribution in [3.05, 3.63) is 17.7 Å². The molecule has 1 aromatic carbocycles. The minimum Gasteiger partial charge on any atom is -0.496 e. The molecule has 0 fully saturated rings. The van der Waals surface area contributed by atoms with Gasteiger partial charge in [-0.1, -0.05) is 0 Å². The van der Waals surface area contributed by atoms with Crippen LogP contribution in [0.2, 0.25) is 0 Å². The fourth-order valence-electron chi connectivity index (χ4n) is 1.74. The quantitative estimate of drug-likeness (QED) is 0.789. The van der Waals surface area contributed by atoms with Crippen molar-refractivity contribution in [1.82, 2.24) is 0 Å². The third-order valence-corrected chi connectivity index (χ3v) is 2.66. The number of ether oxygens (including phenoxy) is 4. The largest absolute Gasteiger partial charge is 0.496 e. The molecule has 0 saturated heterocycles. The number of carbonyl (C=O) groups is 1. The Morgan fingerprint density at radius 1 is 1.39 bits per heavy atom. The van der Waals surface area contributed by atoms with Crippen molar-refractivity contribution in [2.24, 2.45) is 0 Å². The summed E-state index contributed by atoms with van der Waals surface area (Å²) in [6, 6.07) is 3.36. The number of rotatable bonds is 4. The average molecular weight is 254 g/mol. The van der Waals surface area contributed by atoms with Crippen LogP contribution >= 0.6 is 0 Å². The van der Waals surface area contributed by atoms with Crippen LogP contribution in [0.3, 0.4) is 0 Å². The molecule has 0 saturated carbocycles. The van der Waals surface area contributed by atoms with Gasteiger partial charge in [-0.3, -0.25) is 0 Å². The first kappa shape index (κ1) is 12.5. The van der Waals surface area contributed by atoms with E-state index < -0.39 is 12.1 Å². The van der Waals surface area contributed by atoms with E-state index in [0.29, 0.717) is 22.8 Å². The zero-order chi connectivity index (χ0) is 13.1. The Kier molecular flexibility index (Phi) is 3.57. The van der Waals surface area contributed by atoms with E-state index in [1.807, 2.05) is 0 Å². The van der Waals surface area contributed by atoms with Gasteiger partial charge in [0.05, 0.1) is 14.2 Å². The van der Waals surface area contributed by atoms with Crippen molar-refractivity contribution in [3.8, 4) is 17.2 Å². The van der Waals surface area contributed by atoms with E-state index in [4.69, 9.17) is 14.2 Å². The van der Waals surface area contributed by atoms with Gasteiger partial charge in [-0.2, -0.15) is 0 Å². The molecule has 2 rings (SSSR count). The summed E-state index contributed by atoms with van der Waals surface area (Å²) in [5.41, 5.74) is 0.652. The molecule has 0 amide bonds. The Balaban J connectivity index is 2.24. The van der Waals surface area contributed by atoms with Crippen molar-refractivity contribution in [2.45, 2.75) is 12.5 Å². The lowest BCUT2D eigenvalue weighted by Crippen LogP contribution is -2.24. The maximum Gasteiger partial charge on any atom is 0.335 e. The van der Waals surface area contributed by atoms with Crippen molar-refractivity contribution in [2.75, 3.05) is 21.0 Å². The molecule has 1 aromatic rings. The molecular formula is C12H14O6. The van der Waals surface area contributed by atoms with Crippen LogP contribution in [0.15, 0.2) is 12.1 Å². The van der Waals surface area contributed by atoms with Crippen LogP contribution in [0.25, 0.3) is 0 Å². The molecule has 18 heavy (non-hydrogen) atoms. The van der Waals surface area contributed by atoms with Gasteiger partial charge in [-0.15, -0.1) is 0 Å². The van der Waals surface area contributed by atoms with Crippen LogP contribution < -0.4 is 14.2 Å². The standard InChI is InChI=1S/C12H14O6/c1-15-9-5-11-10(17-6-18-11)4-7(9)3-8(13)12(14)16-2/h4-5,8,13H,3,6H2,1-2H3. The maximum absolute atomic E-state index is 11.2. The average Bonchev–Trinajstić information content (AvgIpc) is 2.83. The van der Waals surface area contributed by atoms with Crippen molar-refractivity contribution in [1.29, 1.82) is 0 Å².